The average molecular weight is 414 g/mol. The Hall–Kier alpha value is -1.06. The van der Waals surface area contributed by atoms with Gasteiger partial charge in [0.2, 0.25) is 5.89 Å². The second-order valence-corrected chi connectivity index (χ2v) is 11.9. The lowest BCUT2D eigenvalue weighted by molar-refractivity contribution is -0.135. The normalized spacial score (nSPS) is 45.6. The van der Waals surface area contributed by atoms with Crippen LogP contribution in [-0.4, -0.2) is 10.2 Å². The molecule has 1 heterocycles. The summed E-state index contributed by atoms with van der Waals surface area (Å²) in [5.74, 6) is 6.55. The molecule has 0 bridgehead atoms. The smallest absolute Gasteiger partial charge is 0.312 e. The molecule has 1 aromatic rings. The number of hydrogen-bond acceptors (Lipinski definition) is 4. The van der Waals surface area contributed by atoms with Gasteiger partial charge in [-0.15, -0.1) is 5.10 Å². The Labute approximate surface area is 183 Å². The van der Waals surface area contributed by atoms with Crippen molar-refractivity contribution in [1.82, 2.24) is 10.2 Å². The third-order valence-electron chi connectivity index (χ3n) is 10.9. The number of nitrogens with zero attached hydrogens (tertiary/aromatic N) is 2. The van der Waals surface area contributed by atoms with Gasteiger partial charge in [-0.3, -0.25) is 0 Å². The molecule has 168 valence electrons. The van der Waals surface area contributed by atoms with Gasteiger partial charge in [0.15, 0.2) is 0 Å². The van der Waals surface area contributed by atoms with Gasteiger partial charge in [0, 0.05) is 6.42 Å². The Morgan fingerprint density at radius 3 is 2.57 bits per heavy atom. The van der Waals surface area contributed by atoms with Crippen LogP contribution in [0, 0.1) is 46.3 Å². The van der Waals surface area contributed by atoms with Gasteiger partial charge < -0.3 is 10.2 Å². The van der Waals surface area contributed by atoms with Crippen molar-refractivity contribution in [3.8, 4) is 0 Å². The number of rotatable bonds is 5. The molecular weight excluding hydrogens is 370 g/mol. The molecule has 0 amide bonds. The summed E-state index contributed by atoms with van der Waals surface area (Å²) in [6.45, 7) is 7.87. The molecule has 30 heavy (non-hydrogen) atoms. The summed E-state index contributed by atoms with van der Waals surface area (Å²) in [5.41, 5.74) is 6.78. The van der Waals surface area contributed by atoms with Crippen LogP contribution < -0.4 is 5.73 Å². The van der Waals surface area contributed by atoms with E-state index in [4.69, 9.17) is 10.2 Å². The molecule has 4 nitrogen and oxygen atoms in total. The molecule has 0 aliphatic heterocycles. The highest BCUT2D eigenvalue weighted by atomic mass is 16.4. The molecule has 0 aromatic carbocycles. The zero-order valence-corrected chi connectivity index (χ0v) is 19.5. The molecule has 0 radical (unpaired) electrons. The van der Waals surface area contributed by atoms with Gasteiger partial charge in [-0.1, -0.05) is 45.1 Å². The number of hydrogen-bond donors (Lipinski definition) is 1. The van der Waals surface area contributed by atoms with E-state index in [0.717, 1.165) is 48.3 Å². The minimum atomic E-state index is 0.202. The summed E-state index contributed by atoms with van der Waals surface area (Å²) >= 11 is 0. The van der Waals surface area contributed by atoms with Crippen LogP contribution in [0.5, 0.6) is 0 Å². The number of anilines is 1. The molecule has 0 saturated heterocycles. The van der Waals surface area contributed by atoms with Gasteiger partial charge in [-0.05, 0) is 104 Å². The fraction of sp³-hybridized carbons (Fsp3) is 0.923. The van der Waals surface area contributed by atoms with E-state index in [0.29, 0.717) is 16.7 Å². The fourth-order valence-electron chi connectivity index (χ4n) is 9.47. The van der Waals surface area contributed by atoms with E-state index in [-0.39, 0.29) is 6.01 Å². The van der Waals surface area contributed by atoms with E-state index in [1.807, 2.05) is 0 Å². The van der Waals surface area contributed by atoms with Crippen LogP contribution in [0.4, 0.5) is 6.01 Å². The van der Waals surface area contributed by atoms with Crippen LogP contribution in [0.2, 0.25) is 0 Å². The topological polar surface area (TPSA) is 64.9 Å². The first-order chi connectivity index (χ1) is 14.5. The van der Waals surface area contributed by atoms with Crippen LogP contribution in [0.1, 0.15) is 104 Å². The fourth-order valence-corrected chi connectivity index (χ4v) is 9.47. The SMILES string of the molecule is CC[C@H]1CC2C3CCC(CCCc4nnc(N)o4)C3(C)CC[C@@H]2C2(C)CCCCC12. The van der Waals surface area contributed by atoms with Crippen molar-refractivity contribution < 1.29 is 4.42 Å². The maximum Gasteiger partial charge on any atom is 0.312 e. The Kier molecular flexibility index (Phi) is 5.42. The first-order valence-corrected chi connectivity index (χ1v) is 13.0. The van der Waals surface area contributed by atoms with Crippen LogP contribution >= 0.6 is 0 Å². The Bertz CT molecular complexity index is 746. The molecule has 4 fully saturated rings. The zero-order valence-electron chi connectivity index (χ0n) is 19.5. The van der Waals surface area contributed by atoms with E-state index in [1.54, 1.807) is 0 Å². The summed E-state index contributed by atoms with van der Waals surface area (Å²) in [6.07, 6.45) is 18.2. The van der Waals surface area contributed by atoms with Crippen LogP contribution in [0.15, 0.2) is 4.42 Å². The van der Waals surface area contributed by atoms with Crippen molar-refractivity contribution in [2.24, 2.45) is 46.3 Å². The predicted molar refractivity (Wildman–Crippen MR) is 121 cm³/mol. The van der Waals surface area contributed by atoms with Crippen LogP contribution in [0.25, 0.3) is 0 Å². The maximum absolute atomic E-state index is 5.58. The van der Waals surface area contributed by atoms with E-state index >= 15 is 0 Å². The summed E-state index contributed by atoms with van der Waals surface area (Å²) in [7, 11) is 0. The predicted octanol–water partition coefficient (Wildman–Crippen LogP) is 6.66. The first kappa shape index (κ1) is 20.8. The summed E-state index contributed by atoms with van der Waals surface area (Å²) in [5, 5.41) is 7.86. The minimum absolute atomic E-state index is 0.202. The van der Waals surface area contributed by atoms with Crippen molar-refractivity contribution in [2.45, 2.75) is 104 Å². The number of nitrogens with two attached hydrogens (primary N) is 1. The van der Waals surface area contributed by atoms with Crippen LogP contribution in [-0.2, 0) is 6.42 Å². The standard InChI is InChI=1S/C26H43N3O/c1-4-17-16-19-21-12-11-18(8-7-10-23-28-29-24(27)30-23)25(21,2)15-13-22(19)26(3)14-6-5-9-20(17)26/h17-22H,4-16H2,1-3H3,(H2,27,29)/t17-,18?,19?,20?,21?,22-,25?,26?/m0/s1. The largest absolute Gasteiger partial charge is 0.408 e. The second kappa shape index (κ2) is 7.81. The maximum atomic E-state index is 5.58. The number of nitrogen functional groups attached to an aromatic ring is 1. The molecule has 6 unspecified atom stereocenters. The highest BCUT2D eigenvalue weighted by Gasteiger charge is 2.60. The van der Waals surface area contributed by atoms with Crippen molar-refractivity contribution >= 4 is 6.01 Å². The summed E-state index contributed by atoms with van der Waals surface area (Å²) in [4.78, 5) is 0. The lowest BCUT2D eigenvalue weighted by Gasteiger charge is -2.62. The highest BCUT2D eigenvalue weighted by molar-refractivity contribution is 5.10. The molecule has 4 aliphatic carbocycles. The van der Waals surface area contributed by atoms with E-state index < -0.39 is 0 Å². The Balaban J connectivity index is 1.30. The molecule has 8 atom stereocenters. The van der Waals surface area contributed by atoms with Crippen molar-refractivity contribution in [1.29, 1.82) is 0 Å². The molecule has 5 rings (SSSR count). The second-order valence-electron chi connectivity index (χ2n) is 11.9. The third-order valence-corrected chi connectivity index (χ3v) is 10.9. The monoisotopic (exact) mass is 413 g/mol. The van der Waals surface area contributed by atoms with Crippen LogP contribution in [0.3, 0.4) is 0 Å². The molecule has 1 aromatic heterocycles. The van der Waals surface area contributed by atoms with Crippen molar-refractivity contribution in [3.05, 3.63) is 5.89 Å². The van der Waals surface area contributed by atoms with Gasteiger partial charge in [0.05, 0.1) is 0 Å². The summed E-state index contributed by atoms with van der Waals surface area (Å²) in [6, 6.07) is 0.202. The first-order valence-electron chi connectivity index (χ1n) is 13.0. The van der Waals surface area contributed by atoms with E-state index in [9.17, 15) is 0 Å². The molecular formula is C26H43N3O. The molecule has 4 saturated carbocycles. The molecule has 0 spiro atoms. The van der Waals surface area contributed by atoms with Crippen molar-refractivity contribution in [3.63, 3.8) is 0 Å². The Morgan fingerprint density at radius 1 is 0.967 bits per heavy atom. The number of aromatic nitrogens is 2. The van der Waals surface area contributed by atoms with Crippen molar-refractivity contribution in [2.75, 3.05) is 5.73 Å². The van der Waals surface area contributed by atoms with Gasteiger partial charge in [0.1, 0.15) is 0 Å². The Morgan fingerprint density at radius 2 is 1.80 bits per heavy atom. The quantitative estimate of drug-likeness (QED) is 0.586. The summed E-state index contributed by atoms with van der Waals surface area (Å²) < 4.78 is 5.39. The van der Waals surface area contributed by atoms with E-state index in [2.05, 4.69) is 31.0 Å². The highest BCUT2D eigenvalue weighted by Crippen LogP contribution is 2.69. The lowest BCUT2D eigenvalue weighted by Crippen LogP contribution is -2.55. The third kappa shape index (κ3) is 3.23. The number of fused-ring (bicyclic) bond motifs is 5. The lowest BCUT2D eigenvalue weighted by atomic mass is 9.42. The van der Waals surface area contributed by atoms with Gasteiger partial charge in [-0.2, -0.15) is 0 Å². The van der Waals surface area contributed by atoms with Gasteiger partial charge >= 0.3 is 6.01 Å². The average Bonchev–Trinajstić information content (AvgIpc) is 3.30. The van der Waals surface area contributed by atoms with Gasteiger partial charge in [-0.25, -0.2) is 0 Å². The van der Waals surface area contributed by atoms with E-state index in [1.165, 1.54) is 70.6 Å². The minimum Gasteiger partial charge on any atom is -0.408 e. The molecule has 4 aliphatic rings. The zero-order chi connectivity index (χ0) is 20.9. The van der Waals surface area contributed by atoms with Gasteiger partial charge in [0.25, 0.3) is 0 Å². The number of aryl methyl sites for hydroxylation is 1. The molecule has 2 N–H and O–H groups in total. The molecule has 4 heteroatoms.